The van der Waals surface area contributed by atoms with E-state index in [1.165, 1.54) is 10.9 Å². The van der Waals surface area contributed by atoms with Crippen molar-refractivity contribution in [3.8, 4) is 0 Å². The molecule has 0 aromatic carbocycles. The Morgan fingerprint density at radius 1 is 1.55 bits per heavy atom. The van der Waals surface area contributed by atoms with Crippen molar-refractivity contribution >= 4 is 17.3 Å². The summed E-state index contributed by atoms with van der Waals surface area (Å²) in [5, 5.41) is 16.9. The Morgan fingerprint density at radius 2 is 2.15 bits per heavy atom. The summed E-state index contributed by atoms with van der Waals surface area (Å²) in [7, 11) is 3.85. The number of hydrogen-bond acceptors (Lipinski definition) is 5. The van der Waals surface area contributed by atoms with Crippen LogP contribution in [0, 0.1) is 0 Å². The van der Waals surface area contributed by atoms with Gasteiger partial charge in [0.1, 0.15) is 5.02 Å². The fraction of sp³-hybridized carbons (Fsp3) is 0.692. The smallest absolute Gasteiger partial charge is 0.287 e. The van der Waals surface area contributed by atoms with Crippen LogP contribution in [0.2, 0.25) is 5.02 Å². The molecule has 1 aromatic rings. The van der Waals surface area contributed by atoms with E-state index in [-0.39, 0.29) is 10.6 Å². The number of halogens is 1. The number of nitrogens with zero attached hydrogens (tertiary/aromatic N) is 3. The molecular formula is C13H23ClN4O2. The third-order valence-electron chi connectivity index (χ3n) is 3.25. The Morgan fingerprint density at radius 3 is 2.65 bits per heavy atom. The van der Waals surface area contributed by atoms with Gasteiger partial charge in [-0.15, -0.1) is 0 Å². The van der Waals surface area contributed by atoms with Gasteiger partial charge in [0.15, 0.2) is 0 Å². The molecule has 1 aromatic heterocycles. The lowest BCUT2D eigenvalue weighted by Gasteiger charge is -2.30. The van der Waals surface area contributed by atoms with Gasteiger partial charge >= 0.3 is 0 Å². The highest BCUT2D eigenvalue weighted by molar-refractivity contribution is 6.32. The highest BCUT2D eigenvalue weighted by Gasteiger charge is 2.25. The lowest BCUT2D eigenvalue weighted by atomic mass is 9.98. The first-order valence-corrected chi connectivity index (χ1v) is 6.89. The summed E-state index contributed by atoms with van der Waals surface area (Å²) in [4.78, 5) is 14.1. The fourth-order valence-electron chi connectivity index (χ4n) is 1.46. The summed E-state index contributed by atoms with van der Waals surface area (Å²) in [6, 6.07) is 0. The maximum absolute atomic E-state index is 12.1. The van der Waals surface area contributed by atoms with Gasteiger partial charge < -0.3 is 15.3 Å². The maximum atomic E-state index is 12.1. The lowest BCUT2D eigenvalue weighted by Crippen LogP contribution is -2.42. The number of hydrogen-bond donors (Lipinski definition) is 2. The summed E-state index contributed by atoms with van der Waals surface area (Å²) in [6.07, 6.45) is 0.915. The molecule has 0 saturated carbocycles. The summed E-state index contributed by atoms with van der Waals surface area (Å²) in [5.41, 5.74) is -0.503. The van der Waals surface area contributed by atoms with Crippen LogP contribution in [0.15, 0.2) is 11.0 Å². The van der Waals surface area contributed by atoms with E-state index in [1.807, 2.05) is 32.8 Å². The van der Waals surface area contributed by atoms with Crippen LogP contribution in [-0.2, 0) is 6.54 Å². The molecule has 2 N–H and O–H groups in total. The van der Waals surface area contributed by atoms with Crippen LogP contribution in [0.1, 0.15) is 20.8 Å². The summed E-state index contributed by atoms with van der Waals surface area (Å²) < 4.78 is 1.34. The zero-order chi connectivity index (χ0) is 15.5. The normalized spacial score (nSPS) is 13.6. The minimum atomic E-state index is -0.604. The predicted molar refractivity (Wildman–Crippen MR) is 81.4 cm³/mol. The second kappa shape index (κ2) is 6.56. The van der Waals surface area contributed by atoms with Gasteiger partial charge in [0, 0.05) is 6.54 Å². The highest BCUT2D eigenvalue weighted by Crippen LogP contribution is 2.22. The molecule has 0 aliphatic rings. The number of likely N-dealkylation sites (N-methyl/N-ethyl adjacent to an activating group) is 1. The number of rotatable bonds is 6. The van der Waals surface area contributed by atoms with Gasteiger partial charge in [-0.1, -0.05) is 11.6 Å². The third-order valence-corrected chi connectivity index (χ3v) is 3.61. The predicted octanol–water partition coefficient (Wildman–Crippen LogP) is 1.03. The molecule has 0 fully saturated rings. The van der Waals surface area contributed by atoms with Crippen molar-refractivity contribution in [2.75, 3.05) is 26.0 Å². The lowest BCUT2D eigenvalue weighted by molar-refractivity contribution is 0.133. The molecule has 1 heterocycles. The Hall–Kier alpha value is -1.11. The van der Waals surface area contributed by atoms with Gasteiger partial charge in [-0.2, -0.15) is 5.10 Å². The Labute approximate surface area is 124 Å². The van der Waals surface area contributed by atoms with E-state index in [9.17, 15) is 9.90 Å². The van der Waals surface area contributed by atoms with Gasteiger partial charge in [-0.25, -0.2) is 4.68 Å². The molecule has 0 radical (unpaired) electrons. The van der Waals surface area contributed by atoms with Crippen LogP contribution >= 0.6 is 11.6 Å². The molecule has 0 aliphatic carbocycles. The molecule has 20 heavy (non-hydrogen) atoms. The molecular weight excluding hydrogens is 280 g/mol. The molecule has 1 atom stereocenters. The first-order chi connectivity index (χ1) is 9.15. The van der Waals surface area contributed by atoms with Crippen LogP contribution in [0.3, 0.4) is 0 Å². The molecule has 114 valence electrons. The number of aliphatic hydroxyl groups is 1. The van der Waals surface area contributed by atoms with Crippen LogP contribution in [0.4, 0.5) is 5.69 Å². The molecule has 7 heteroatoms. The van der Waals surface area contributed by atoms with Crippen molar-refractivity contribution in [3.63, 3.8) is 0 Å². The van der Waals surface area contributed by atoms with Gasteiger partial charge in [0.25, 0.3) is 5.56 Å². The van der Waals surface area contributed by atoms with E-state index < -0.39 is 11.6 Å². The SMILES string of the molecule is CC(O)C(C)(C)Nc1cnn(CCN(C)C)c(=O)c1Cl. The van der Waals surface area contributed by atoms with Gasteiger partial charge in [0.05, 0.1) is 30.1 Å². The van der Waals surface area contributed by atoms with E-state index in [2.05, 4.69) is 10.4 Å². The second-order valence-electron chi connectivity index (χ2n) is 5.73. The summed E-state index contributed by atoms with van der Waals surface area (Å²) in [6.45, 7) is 6.50. The Bertz CT molecular complexity index is 512. The van der Waals surface area contributed by atoms with Gasteiger partial charge in [-0.05, 0) is 34.9 Å². The van der Waals surface area contributed by atoms with E-state index in [0.29, 0.717) is 18.8 Å². The molecule has 6 nitrogen and oxygen atoms in total. The van der Waals surface area contributed by atoms with E-state index in [1.54, 1.807) is 6.92 Å². The maximum Gasteiger partial charge on any atom is 0.287 e. The number of anilines is 1. The van der Waals surface area contributed by atoms with Gasteiger partial charge in [-0.3, -0.25) is 4.79 Å². The minimum absolute atomic E-state index is 0.0903. The zero-order valence-electron chi connectivity index (χ0n) is 12.6. The fourth-order valence-corrected chi connectivity index (χ4v) is 1.65. The summed E-state index contributed by atoms with van der Waals surface area (Å²) in [5.74, 6) is 0. The van der Waals surface area contributed by atoms with E-state index >= 15 is 0 Å². The van der Waals surface area contributed by atoms with Crippen molar-refractivity contribution in [2.24, 2.45) is 0 Å². The van der Waals surface area contributed by atoms with Crippen molar-refractivity contribution in [1.29, 1.82) is 0 Å². The van der Waals surface area contributed by atoms with Crippen LogP contribution < -0.4 is 10.9 Å². The quantitative estimate of drug-likeness (QED) is 0.821. The summed E-state index contributed by atoms with van der Waals surface area (Å²) >= 11 is 6.09. The largest absolute Gasteiger partial charge is 0.391 e. The first kappa shape index (κ1) is 16.9. The highest BCUT2D eigenvalue weighted by atomic mass is 35.5. The third kappa shape index (κ3) is 4.19. The Kier molecular flexibility index (Phi) is 5.56. The Balaban J connectivity index is 2.98. The van der Waals surface area contributed by atoms with Crippen molar-refractivity contribution < 1.29 is 5.11 Å². The zero-order valence-corrected chi connectivity index (χ0v) is 13.4. The molecule has 0 spiro atoms. The second-order valence-corrected chi connectivity index (χ2v) is 6.10. The van der Waals surface area contributed by atoms with Crippen molar-refractivity contribution in [2.45, 2.75) is 39.0 Å². The number of aromatic nitrogens is 2. The van der Waals surface area contributed by atoms with Crippen LogP contribution in [0.25, 0.3) is 0 Å². The molecule has 0 amide bonds. The molecule has 0 saturated heterocycles. The average molecular weight is 303 g/mol. The van der Waals surface area contributed by atoms with Crippen LogP contribution in [0.5, 0.6) is 0 Å². The monoisotopic (exact) mass is 302 g/mol. The number of nitrogens with one attached hydrogen (secondary N) is 1. The molecule has 0 bridgehead atoms. The average Bonchev–Trinajstić information content (AvgIpc) is 2.33. The van der Waals surface area contributed by atoms with Crippen molar-refractivity contribution in [1.82, 2.24) is 14.7 Å². The first-order valence-electron chi connectivity index (χ1n) is 6.51. The number of aliphatic hydroxyl groups excluding tert-OH is 1. The van der Waals surface area contributed by atoms with E-state index in [4.69, 9.17) is 11.6 Å². The van der Waals surface area contributed by atoms with Gasteiger partial charge in [0.2, 0.25) is 0 Å². The van der Waals surface area contributed by atoms with Crippen molar-refractivity contribution in [3.05, 3.63) is 21.6 Å². The molecule has 1 rings (SSSR count). The molecule has 0 aliphatic heterocycles. The van der Waals surface area contributed by atoms with E-state index in [0.717, 1.165) is 0 Å². The standard InChI is InChI=1S/C13H23ClN4O2/c1-9(19)13(2,3)16-10-8-15-18(7-6-17(4)5)12(20)11(10)14/h8-9,16,19H,6-7H2,1-5H3. The molecule has 1 unspecified atom stereocenters. The minimum Gasteiger partial charge on any atom is -0.391 e. The topological polar surface area (TPSA) is 70.4 Å². The van der Waals surface area contributed by atoms with Crippen LogP contribution in [-0.4, -0.2) is 52.1 Å².